The normalized spacial score (nSPS) is 12.4. The highest BCUT2D eigenvalue weighted by atomic mass is 79.9. The van der Waals surface area contributed by atoms with Crippen molar-refractivity contribution < 1.29 is 4.74 Å². The van der Waals surface area contributed by atoms with Gasteiger partial charge in [-0.25, -0.2) is 0 Å². The zero-order chi connectivity index (χ0) is 12.3. The van der Waals surface area contributed by atoms with Crippen LogP contribution in [-0.4, -0.2) is 6.61 Å². The number of para-hydroxylation sites is 1. The molecule has 0 saturated carbocycles. The Labute approximate surface area is 114 Å². The van der Waals surface area contributed by atoms with Gasteiger partial charge in [0.05, 0.1) is 12.6 Å². The Morgan fingerprint density at radius 1 is 1.41 bits per heavy atom. The molecule has 0 aliphatic heterocycles. The Balaban J connectivity index is 2.33. The number of benzene rings is 1. The van der Waals surface area contributed by atoms with E-state index in [9.17, 15) is 0 Å². The van der Waals surface area contributed by atoms with Crippen molar-refractivity contribution in [2.24, 2.45) is 5.73 Å². The van der Waals surface area contributed by atoms with Crippen LogP contribution in [-0.2, 0) is 0 Å². The van der Waals surface area contributed by atoms with Crippen molar-refractivity contribution in [2.75, 3.05) is 6.61 Å². The highest BCUT2D eigenvalue weighted by molar-refractivity contribution is 9.10. The fourth-order valence-electron chi connectivity index (χ4n) is 1.67. The molecule has 0 aliphatic carbocycles. The highest BCUT2D eigenvalue weighted by Crippen LogP contribution is 2.32. The van der Waals surface area contributed by atoms with E-state index in [1.165, 1.54) is 0 Å². The van der Waals surface area contributed by atoms with E-state index in [1.807, 2.05) is 36.6 Å². The minimum absolute atomic E-state index is 0.131. The molecule has 0 amide bonds. The molecule has 2 aromatic rings. The van der Waals surface area contributed by atoms with E-state index in [2.05, 4.69) is 22.0 Å². The molecule has 1 atom stereocenters. The average molecular weight is 312 g/mol. The van der Waals surface area contributed by atoms with Crippen LogP contribution in [0.2, 0.25) is 0 Å². The van der Waals surface area contributed by atoms with E-state index >= 15 is 0 Å². The van der Waals surface area contributed by atoms with E-state index in [-0.39, 0.29) is 6.04 Å². The minimum atomic E-state index is -0.131. The summed E-state index contributed by atoms with van der Waals surface area (Å²) < 4.78 is 6.67. The second kappa shape index (κ2) is 5.67. The van der Waals surface area contributed by atoms with Gasteiger partial charge in [-0.05, 0) is 35.0 Å². The molecule has 0 aliphatic rings. The first-order valence-electron chi connectivity index (χ1n) is 5.43. The fraction of sp³-hybridized carbons (Fsp3) is 0.231. The molecule has 17 heavy (non-hydrogen) atoms. The molecule has 0 spiro atoms. The van der Waals surface area contributed by atoms with Crippen molar-refractivity contribution in [3.63, 3.8) is 0 Å². The number of hydrogen-bond donors (Lipinski definition) is 1. The summed E-state index contributed by atoms with van der Waals surface area (Å²) in [5.74, 6) is 0.868. The SMILES string of the molecule is CCOc1ccccc1C(N)c1cc(Br)cs1. The summed E-state index contributed by atoms with van der Waals surface area (Å²) in [7, 11) is 0. The average Bonchev–Trinajstić information content (AvgIpc) is 2.76. The summed E-state index contributed by atoms with van der Waals surface area (Å²) in [5, 5.41) is 2.04. The molecule has 1 heterocycles. The van der Waals surface area contributed by atoms with Gasteiger partial charge in [-0.15, -0.1) is 11.3 Å². The van der Waals surface area contributed by atoms with Crippen LogP contribution in [0, 0.1) is 0 Å². The summed E-state index contributed by atoms with van der Waals surface area (Å²) >= 11 is 5.10. The predicted molar refractivity (Wildman–Crippen MR) is 75.7 cm³/mol. The molecule has 1 aromatic heterocycles. The van der Waals surface area contributed by atoms with E-state index in [0.29, 0.717) is 6.61 Å². The third-order valence-electron chi connectivity index (χ3n) is 2.45. The molecule has 2 N–H and O–H groups in total. The molecule has 0 bridgehead atoms. The van der Waals surface area contributed by atoms with Gasteiger partial charge < -0.3 is 10.5 Å². The van der Waals surface area contributed by atoms with Crippen LogP contribution in [0.3, 0.4) is 0 Å². The largest absolute Gasteiger partial charge is 0.494 e. The van der Waals surface area contributed by atoms with Crippen molar-refractivity contribution in [2.45, 2.75) is 13.0 Å². The maximum absolute atomic E-state index is 6.27. The Hall–Kier alpha value is -0.840. The quantitative estimate of drug-likeness (QED) is 0.927. The second-order valence-corrected chi connectivity index (χ2v) is 5.47. The second-order valence-electron chi connectivity index (χ2n) is 3.62. The lowest BCUT2D eigenvalue weighted by Gasteiger charge is -2.15. The third kappa shape index (κ3) is 2.89. The standard InChI is InChI=1S/C13H14BrNOS/c1-2-16-11-6-4-3-5-10(11)13(15)12-7-9(14)8-17-12/h3-8,13H,2,15H2,1H3. The van der Waals surface area contributed by atoms with Crippen LogP contribution in [0.15, 0.2) is 40.2 Å². The van der Waals surface area contributed by atoms with Crippen molar-refractivity contribution in [1.29, 1.82) is 0 Å². The summed E-state index contributed by atoms with van der Waals surface area (Å²) in [4.78, 5) is 1.13. The number of thiophene rings is 1. The molecule has 1 unspecified atom stereocenters. The van der Waals surface area contributed by atoms with Gasteiger partial charge in [-0.3, -0.25) is 0 Å². The van der Waals surface area contributed by atoms with Crippen molar-refractivity contribution in [3.05, 3.63) is 50.6 Å². The maximum atomic E-state index is 6.27. The van der Waals surface area contributed by atoms with Crippen LogP contribution in [0.4, 0.5) is 0 Å². The van der Waals surface area contributed by atoms with E-state index in [0.717, 1.165) is 20.7 Å². The van der Waals surface area contributed by atoms with E-state index in [1.54, 1.807) is 11.3 Å². The van der Waals surface area contributed by atoms with Crippen molar-refractivity contribution in [1.82, 2.24) is 0 Å². The maximum Gasteiger partial charge on any atom is 0.124 e. The number of nitrogens with two attached hydrogens (primary N) is 1. The molecule has 4 heteroatoms. The Morgan fingerprint density at radius 2 is 2.18 bits per heavy atom. The molecule has 2 nitrogen and oxygen atoms in total. The van der Waals surface area contributed by atoms with Gasteiger partial charge in [0.2, 0.25) is 0 Å². The van der Waals surface area contributed by atoms with Crippen molar-refractivity contribution in [3.8, 4) is 5.75 Å². The molecular formula is C13H14BrNOS. The highest BCUT2D eigenvalue weighted by Gasteiger charge is 2.15. The van der Waals surface area contributed by atoms with Crippen LogP contribution in [0.5, 0.6) is 5.75 Å². The van der Waals surface area contributed by atoms with Gasteiger partial charge in [0, 0.05) is 20.3 Å². The minimum Gasteiger partial charge on any atom is -0.494 e. The molecular weight excluding hydrogens is 298 g/mol. The zero-order valence-electron chi connectivity index (χ0n) is 9.52. The first kappa shape index (κ1) is 12.6. The Morgan fingerprint density at radius 3 is 2.82 bits per heavy atom. The smallest absolute Gasteiger partial charge is 0.124 e. The lowest BCUT2D eigenvalue weighted by molar-refractivity contribution is 0.335. The number of hydrogen-bond acceptors (Lipinski definition) is 3. The molecule has 0 fully saturated rings. The first-order valence-corrected chi connectivity index (χ1v) is 7.11. The van der Waals surface area contributed by atoms with Gasteiger partial charge in [0.25, 0.3) is 0 Å². The molecule has 1 aromatic carbocycles. The topological polar surface area (TPSA) is 35.2 Å². The van der Waals surface area contributed by atoms with Gasteiger partial charge in [-0.1, -0.05) is 18.2 Å². The van der Waals surface area contributed by atoms with Crippen molar-refractivity contribution >= 4 is 27.3 Å². The van der Waals surface area contributed by atoms with Crippen LogP contribution in [0.1, 0.15) is 23.4 Å². The van der Waals surface area contributed by atoms with E-state index in [4.69, 9.17) is 10.5 Å². The molecule has 90 valence electrons. The van der Waals surface area contributed by atoms with Crippen LogP contribution in [0.25, 0.3) is 0 Å². The fourth-order valence-corrected chi connectivity index (χ4v) is 3.13. The van der Waals surface area contributed by atoms with E-state index < -0.39 is 0 Å². The molecule has 0 saturated heterocycles. The first-order chi connectivity index (χ1) is 8.22. The lowest BCUT2D eigenvalue weighted by atomic mass is 10.1. The Bertz CT molecular complexity index is 498. The third-order valence-corrected chi connectivity index (χ3v) is 4.22. The number of rotatable bonds is 4. The monoisotopic (exact) mass is 311 g/mol. The molecule has 2 rings (SSSR count). The van der Waals surface area contributed by atoms with Gasteiger partial charge >= 0.3 is 0 Å². The van der Waals surface area contributed by atoms with Gasteiger partial charge in [0.1, 0.15) is 5.75 Å². The van der Waals surface area contributed by atoms with Crippen LogP contribution < -0.4 is 10.5 Å². The summed E-state index contributed by atoms with van der Waals surface area (Å²) in [5.41, 5.74) is 7.30. The summed E-state index contributed by atoms with van der Waals surface area (Å²) in [6.45, 7) is 2.63. The predicted octanol–water partition coefficient (Wildman–Crippen LogP) is 3.96. The number of ether oxygens (including phenoxy) is 1. The molecule has 0 radical (unpaired) electrons. The summed E-state index contributed by atoms with van der Waals surface area (Å²) in [6, 6.07) is 9.85. The summed E-state index contributed by atoms with van der Waals surface area (Å²) in [6.07, 6.45) is 0. The lowest BCUT2D eigenvalue weighted by Crippen LogP contribution is -2.12. The number of halogens is 1. The van der Waals surface area contributed by atoms with Crippen LogP contribution >= 0.6 is 27.3 Å². The zero-order valence-corrected chi connectivity index (χ0v) is 11.9. The van der Waals surface area contributed by atoms with Gasteiger partial charge in [0.15, 0.2) is 0 Å². The van der Waals surface area contributed by atoms with Gasteiger partial charge in [-0.2, -0.15) is 0 Å². The Kier molecular flexibility index (Phi) is 4.20.